The number of amides is 1. The molecule has 0 unspecified atom stereocenters. The molecular formula is C40H43N11O6. The lowest BCUT2D eigenvalue weighted by Gasteiger charge is -2.16. The van der Waals surface area contributed by atoms with Gasteiger partial charge in [-0.25, -0.2) is 29.4 Å². The number of nitrogens with zero attached hydrogens (tertiary/aromatic N) is 10. The van der Waals surface area contributed by atoms with Crippen LogP contribution in [0.2, 0.25) is 0 Å². The first-order valence-corrected chi connectivity index (χ1v) is 19.0. The minimum Gasteiger partial charge on any atom is -0.488 e. The molecule has 2 fully saturated rings. The third-order valence-corrected chi connectivity index (χ3v) is 9.51. The molecule has 9 rings (SSSR count). The van der Waals surface area contributed by atoms with E-state index in [-0.39, 0.29) is 35.5 Å². The zero-order chi connectivity index (χ0) is 39.8. The summed E-state index contributed by atoms with van der Waals surface area (Å²) in [5.74, 6) is 1.87. The number of hydrogen-bond donors (Lipinski definition) is 2. The van der Waals surface area contributed by atoms with Crippen molar-refractivity contribution in [3.8, 4) is 40.0 Å². The van der Waals surface area contributed by atoms with Crippen LogP contribution >= 0.6 is 0 Å². The Bertz CT molecular complexity index is 2430. The molecule has 1 amide bonds. The number of aromatic carboxylic acids is 1. The van der Waals surface area contributed by atoms with E-state index < -0.39 is 5.97 Å². The number of fused-ring (bicyclic) bond motifs is 3. The Morgan fingerprint density at radius 1 is 0.842 bits per heavy atom. The fraction of sp³-hybridized carbons (Fsp3) is 0.375. The molecule has 6 heterocycles. The number of carboxylic acid groups (broad SMARTS) is 1. The molecule has 1 atom stereocenters. The predicted molar refractivity (Wildman–Crippen MR) is 207 cm³/mol. The van der Waals surface area contributed by atoms with Gasteiger partial charge in [0.15, 0.2) is 28.8 Å². The van der Waals surface area contributed by atoms with Gasteiger partial charge >= 0.3 is 5.97 Å². The minimum absolute atomic E-state index is 0.0113. The van der Waals surface area contributed by atoms with Crippen molar-refractivity contribution in [2.45, 2.75) is 90.4 Å². The van der Waals surface area contributed by atoms with Gasteiger partial charge in [-0.3, -0.25) is 4.79 Å². The van der Waals surface area contributed by atoms with Gasteiger partial charge in [-0.15, -0.1) is 5.10 Å². The number of carbonyl (C=O) groups is 2. The highest BCUT2D eigenvalue weighted by molar-refractivity contribution is 6.04. The normalized spacial score (nSPS) is 15.8. The topological polar surface area (TPSA) is 199 Å². The average Bonchev–Trinajstić information content (AvgIpc) is 4.07. The Hall–Kier alpha value is -6.65. The van der Waals surface area contributed by atoms with E-state index in [9.17, 15) is 9.59 Å². The number of carbonyl (C=O) groups excluding carboxylic acids is 1. The van der Waals surface area contributed by atoms with Crippen molar-refractivity contribution < 1.29 is 28.9 Å². The number of hydrogen-bond acceptors (Lipinski definition) is 12. The van der Waals surface area contributed by atoms with E-state index in [1.807, 2.05) is 63.7 Å². The molecule has 3 aliphatic rings. The second-order valence-electron chi connectivity index (χ2n) is 14.9. The van der Waals surface area contributed by atoms with Crippen LogP contribution < -0.4 is 19.5 Å². The summed E-state index contributed by atoms with van der Waals surface area (Å²) < 4.78 is 23.2. The molecule has 57 heavy (non-hydrogen) atoms. The van der Waals surface area contributed by atoms with Gasteiger partial charge in [0.1, 0.15) is 12.3 Å². The lowest BCUT2D eigenvalue weighted by molar-refractivity contribution is 0.0690. The highest BCUT2D eigenvalue weighted by Crippen LogP contribution is 2.41. The van der Waals surface area contributed by atoms with E-state index in [4.69, 9.17) is 19.3 Å². The molecule has 5 aromatic heterocycles. The van der Waals surface area contributed by atoms with Gasteiger partial charge in [-0.1, -0.05) is 6.07 Å². The first-order chi connectivity index (χ1) is 27.5. The number of ether oxygens (including phenoxy) is 3. The summed E-state index contributed by atoms with van der Waals surface area (Å²) in [6.45, 7) is 10.1. The van der Waals surface area contributed by atoms with E-state index >= 15 is 0 Å². The summed E-state index contributed by atoms with van der Waals surface area (Å²) in [5.41, 5.74) is 4.91. The Morgan fingerprint density at radius 3 is 1.98 bits per heavy atom. The Labute approximate surface area is 328 Å². The summed E-state index contributed by atoms with van der Waals surface area (Å²) in [6.07, 6.45) is 15.0. The van der Waals surface area contributed by atoms with E-state index in [2.05, 4.69) is 40.8 Å². The minimum atomic E-state index is -1.06. The summed E-state index contributed by atoms with van der Waals surface area (Å²) >= 11 is 0. The molecule has 6 aromatic rings. The lowest BCUT2D eigenvalue weighted by Crippen LogP contribution is -2.17. The quantitative estimate of drug-likeness (QED) is 0.146. The van der Waals surface area contributed by atoms with Gasteiger partial charge in [-0.2, -0.15) is 0 Å². The van der Waals surface area contributed by atoms with Crippen molar-refractivity contribution in [2.75, 3.05) is 11.9 Å². The number of benzene rings is 1. The number of rotatable bonds is 11. The predicted octanol–water partition coefficient (Wildman–Crippen LogP) is 6.42. The molecular weight excluding hydrogens is 731 g/mol. The first kappa shape index (κ1) is 37.3. The van der Waals surface area contributed by atoms with Gasteiger partial charge < -0.3 is 33.8 Å². The Kier molecular flexibility index (Phi) is 10.1. The van der Waals surface area contributed by atoms with Crippen molar-refractivity contribution in [3.63, 3.8) is 0 Å². The molecule has 2 aliphatic carbocycles. The molecule has 17 heteroatoms. The maximum absolute atomic E-state index is 13.3. The highest BCUT2D eigenvalue weighted by Gasteiger charge is 2.29. The van der Waals surface area contributed by atoms with Crippen LogP contribution in [0.15, 0.2) is 67.8 Å². The van der Waals surface area contributed by atoms with Crippen LogP contribution in [0.4, 0.5) is 5.69 Å². The molecule has 2 saturated carbocycles. The van der Waals surface area contributed by atoms with Crippen molar-refractivity contribution in [1.82, 2.24) is 49.3 Å². The van der Waals surface area contributed by atoms with E-state index in [1.165, 1.54) is 25.1 Å². The molecule has 294 valence electrons. The summed E-state index contributed by atoms with van der Waals surface area (Å²) in [5, 5.41) is 24.1. The zero-order valence-electron chi connectivity index (χ0n) is 32.2. The van der Waals surface area contributed by atoms with Crippen LogP contribution in [0.3, 0.4) is 0 Å². The standard InChI is InChI=1S/C25H26N8O3.C15H17N3O3/c1-14(2)36-22-10-26-19(9-21(22)32-11-20(27-13-32)16-7-8-16)25(34)28-18-6-4-5-17-23(18)35-12-15(3)33-24(17)29-30-31-33;1-9(2)21-14-6-16-11(15(19)20)5-13(14)18-7-12(17-8-18)10-3-4-10/h4-6,9-11,13-16H,7-8,12H2,1-3H3,(H,28,34);5-10H,3-4H2,1-2H3,(H,19,20)/t15-;/m1./s1. The largest absolute Gasteiger partial charge is 0.488 e. The Balaban J connectivity index is 0.000000184. The van der Waals surface area contributed by atoms with Crippen LogP contribution in [0.1, 0.15) is 111 Å². The molecule has 2 N–H and O–H groups in total. The van der Waals surface area contributed by atoms with E-state index in [0.717, 1.165) is 24.2 Å². The fourth-order valence-electron chi connectivity index (χ4n) is 6.41. The van der Waals surface area contributed by atoms with Crippen molar-refractivity contribution in [2.24, 2.45) is 0 Å². The first-order valence-electron chi connectivity index (χ1n) is 19.0. The fourth-order valence-corrected chi connectivity index (χ4v) is 6.41. The number of anilines is 1. The smallest absolute Gasteiger partial charge is 0.354 e. The maximum Gasteiger partial charge on any atom is 0.354 e. The lowest BCUT2D eigenvalue weighted by atomic mass is 10.1. The Morgan fingerprint density at radius 2 is 1.42 bits per heavy atom. The third-order valence-electron chi connectivity index (χ3n) is 9.51. The van der Waals surface area contributed by atoms with Crippen LogP contribution in [0.5, 0.6) is 17.2 Å². The number of pyridine rings is 2. The number of tetrazole rings is 1. The van der Waals surface area contributed by atoms with Gasteiger partial charge in [0.25, 0.3) is 5.91 Å². The summed E-state index contributed by atoms with van der Waals surface area (Å²) in [4.78, 5) is 41.7. The third kappa shape index (κ3) is 8.17. The van der Waals surface area contributed by atoms with E-state index in [0.29, 0.717) is 64.1 Å². The zero-order valence-corrected chi connectivity index (χ0v) is 32.2. The molecule has 0 radical (unpaired) electrons. The monoisotopic (exact) mass is 773 g/mol. The number of aromatic nitrogens is 10. The van der Waals surface area contributed by atoms with Gasteiger partial charge in [0.2, 0.25) is 0 Å². The van der Waals surface area contributed by atoms with Gasteiger partial charge in [0.05, 0.1) is 77.3 Å². The SMILES string of the molecule is CC(C)Oc1cnc(C(=O)Nc2cccc3c2OC[C@@H](C)n2nnnc2-3)cc1-n1cnc(C2CC2)c1.CC(C)Oc1cnc(C(=O)O)cc1-n1cnc(C2CC2)c1. The van der Waals surface area contributed by atoms with Crippen LogP contribution in [0.25, 0.3) is 22.8 Å². The molecule has 1 aliphatic heterocycles. The maximum atomic E-state index is 13.3. The number of nitrogens with one attached hydrogen (secondary N) is 1. The molecule has 0 saturated heterocycles. The number of imidazole rings is 2. The number of para-hydroxylation sites is 1. The van der Waals surface area contributed by atoms with Crippen molar-refractivity contribution >= 4 is 17.6 Å². The van der Waals surface area contributed by atoms with Gasteiger partial charge in [-0.05, 0) is 95.0 Å². The van der Waals surface area contributed by atoms with Gasteiger partial charge in [0, 0.05) is 24.2 Å². The molecule has 0 spiro atoms. The molecule has 0 bridgehead atoms. The van der Waals surface area contributed by atoms with Crippen LogP contribution in [0, 0.1) is 0 Å². The van der Waals surface area contributed by atoms with E-state index in [1.54, 1.807) is 40.2 Å². The second-order valence-corrected chi connectivity index (χ2v) is 14.9. The summed E-state index contributed by atoms with van der Waals surface area (Å²) in [6, 6.07) is 8.66. The number of carboxylic acids is 1. The second kappa shape index (κ2) is 15.5. The average molecular weight is 774 g/mol. The van der Waals surface area contributed by atoms with Crippen LogP contribution in [-0.4, -0.2) is 85.1 Å². The summed E-state index contributed by atoms with van der Waals surface area (Å²) in [7, 11) is 0. The molecule has 1 aromatic carbocycles. The van der Waals surface area contributed by atoms with Crippen molar-refractivity contribution in [3.05, 3.63) is 90.5 Å². The highest BCUT2D eigenvalue weighted by atomic mass is 16.5. The molecule has 17 nitrogen and oxygen atoms in total. The van der Waals surface area contributed by atoms with Crippen LogP contribution in [-0.2, 0) is 0 Å². The van der Waals surface area contributed by atoms with Crippen molar-refractivity contribution in [1.29, 1.82) is 0 Å².